The first-order chi connectivity index (χ1) is 9.89. The van der Waals surface area contributed by atoms with Crippen LogP contribution in [0.15, 0.2) is 23.1 Å². The number of sulfonamides is 1. The first-order valence-corrected chi connectivity index (χ1v) is 8.42. The summed E-state index contributed by atoms with van der Waals surface area (Å²) in [6.07, 6.45) is 2.86. The van der Waals surface area contributed by atoms with Crippen molar-refractivity contribution in [3.63, 3.8) is 0 Å². The predicted molar refractivity (Wildman–Crippen MR) is 75.7 cm³/mol. The summed E-state index contributed by atoms with van der Waals surface area (Å²) in [5.41, 5.74) is -0.104. The van der Waals surface area contributed by atoms with Crippen LogP contribution in [0.2, 0.25) is 0 Å². The van der Waals surface area contributed by atoms with E-state index in [-0.39, 0.29) is 16.6 Å². The highest BCUT2D eigenvalue weighted by Gasteiger charge is 2.49. The Bertz CT molecular complexity index is 689. The first-order valence-electron chi connectivity index (χ1n) is 6.98. The lowest BCUT2D eigenvalue weighted by Crippen LogP contribution is -2.37. The molecule has 7 heteroatoms. The fourth-order valence-electron chi connectivity index (χ4n) is 2.95. The lowest BCUT2D eigenvalue weighted by Gasteiger charge is -2.26. The van der Waals surface area contributed by atoms with Crippen LogP contribution in [0, 0.1) is 11.7 Å². The molecule has 1 aromatic carbocycles. The van der Waals surface area contributed by atoms with Gasteiger partial charge in [-0.15, -0.1) is 0 Å². The van der Waals surface area contributed by atoms with E-state index in [1.807, 2.05) is 0 Å². The Hall–Kier alpha value is -1.47. The molecule has 1 N–H and O–H groups in total. The minimum Gasteiger partial charge on any atom is -0.324 e. The number of anilines is 1. The Labute approximate surface area is 123 Å². The number of nitrogens with zero attached hydrogens (tertiary/aromatic N) is 1. The molecule has 1 aliphatic heterocycles. The number of piperidine rings is 1. The number of amides is 1. The van der Waals surface area contributed by atoms with E-state index < -0.39 is 21.7 Å². The van der Waals surface area contributed by atoms with Crippen LogP contribution in [0.1, 0.15) is 26.2 Å². The Morgan fingerprint density at radius 1 is 1.43 bits per heavy atom. The molecule has 21 heavy (non-hydrogen) atoms. The van der Waals surface area contributed by atoms with E-state index in [2.05, 4.69) is 5.32 Å². The minimum absolute atomic E-state index is 0.0280. The second kappa shape index (κ2) is 5.06. The van der Waals surface area contributed by atoms with Crippen molar-refractivity contribution >= 4 is 21.6 Å². The van der Waals surface area contributed by atoms with E-state index >= 15 is 0 Å². The first kappa shape index (κ1) is 14.5. The van der Waals surface area contributed by atoms with Gasteiger partial charge in [0.25, 0.3) is 0 Å². The number of carbonyl (C=O) groups excluding carboxylic acids is 1. The SMILES string of the molecule is CC(=O)Nc1cc(S(=O)(=O)N2CCC[C@H]3C[C@@H]32)ccc1F. The summed E-state index contributed by atoms with van der Waals surface area (Å²) >= 11 is 0. The van der Waals surface area contributed by atoms with Gasteiger partial charge in [-0.05, 0) is 43.4 Å². The Morgan fingerprint density at radius 2 is 2.19 bits per heavy atom. The number of benzene rings is 1. The van der Waals surface area contributed by atoms with Gasteiger partial charge in [0.15, 0.2) is 0 Å². The highest BCUT2D eigenvalue weighted by molar-refractivity contribution is 7.89. The van der Waals surface area contributed by atoms with Crippen LogP contribution in [-0.2, 0) is 14.8 Å². The molecule has 0 unspecified atom stereocenters. The summed E-state index contributed by atoms with van der Waals surface area (Å²) in [4.78, 5) is 11.1. The molecule has 3 rings (SSSR count). The van der Waals surface area contributed by atoms with Crippen LogP contribution in [-0.4, -0.2) is 31.2 Å². The third-order valence-corrected chi connectivity index (χ3v) is 5.98. The van der Waals surface area contributed by atoms with Gasteiger partial charge in [0, 0.05) is 19.5 Å². The summed E-state index contributed by atoms with van der Waals surface area (Å²) in [5, 5.41) is 2.31. The largest absolute Gasteiger partial charge is 0.324 e. The number of halogens is 1. The molecule has 2 atom stereocenters. The topological polar surface area (TPSA) is 66.5 Å². The molecule has 1 heterocycles. The molecule has 1 aliphatic carbocycles. The zero-order valence-electron chi connectivity index (χ0n) is 11.7. The molecule has 1 aromatic rings. The Morgan fingerprint density at radius 3 is 2.90 bits per heavy atom. The second-order valence-electron chi connectivity index (χ2n) is 5.64. The fraction of sp³-hybridized carbons (Fsp3) is 0.500. The highest BCUT2D eigenvalue weighted by Crippen LogP contribution is 2.45. The maximum Gasteiger partial charge on any atom is 0.243 e. The summed E-state index contributed by atoms with van der Waals surface area (Å²) in [6, 6.07) is 3.62. The van der Waals surface area contributed by atoms with Gasteiger partial charge in [-0.2, -0.15) is 4.31 Å². The normalized spacial score (nSPS) is 25.2. The molecule has 0 aromatic heterocycles. The van der Waals surface area contributed by atoms with Crippen molar-refractivity contribution in [3.05, 3.63) is 24.0 Å². The van der Waals surface area contributed by atoms with Crippen LogP contribution in [0.3, 0.4) is 0 Å². The molecule has 0 bridgehead atoms. The number of hydrogen-bond acceptors (Lipinski definition) is 3. The van der Waals surface area contributed by atoms with Gasteiger partial charge < -0.3 is 5.32 Å². The van der Waals surface area contributed by atoms with Crippen molar-refractivity contribution in [1.29, 1.82) is 0 Å². The summed E-state index contributed by atoms with van der Waals surface area (Å²) in [6.45, 7) is 1.76. The van der Waals surface area contributed by atoms with E-state index in [4.69, 9.17) is 0 Å². The van der Waals surface area contributed by atoms with E-state index in [1.54, 1.807) is 0 Å². The fourth-order valence-corrected chi connectivity index (χ4v) is 4.72. The molecule has 1 saturated heterocycles. The molecule has 0 spiro atoms. The third-order valence-electron chi connectivity index (χ3n) is 4.06. The quantitative estimate of drug-likeness (QED) is 0.928. The number of hydrogen-bond donors (Lipinski definition) is 1. The van der Waals surface area contributed by atoms with Gasteiger partial charge in [-0.25, -0.2) is 12.8 Å². The smallest absolute Gasteiger partial charge is 0.243 e. The van der Waals surface area contributed by atoms with Crippen LogP contribution >= 0.6 is 0 Å². The van der Waals surface area contributed by atoms with Crippen LogP contribution in [0.4, 0.5) is 10.1 Å². The molecule has 2 fully saturated rings. The average Bonchev–Trinajstić information content (AvgIpc) is 3.19. The summed E-state index contributed by atoms with van der Waals surface area (Å²) in [5.74, 6) is -0.612. The summed E-state index contributed by atoms with van der Waals surface area (Å²) < 4.78 is 40.5. The Balaban J connectivity index is 1.93. The standard InChI is InChI=1S/C14H17FN2O3S/c1-9(18)16-13-8-11(4-5-12(13)15)21(19,20)17-6-2-3-10-7-14(10)17/h4-5,8,10,14H,2-3,6-7H2,1H3,(H,16,18)/t10-,14-/m0/s1. The van der Waals surface area contributed by atoms with Crippen molar-refractivity contribution in [1.82, 2.24) is 4.31 Å². The zero-order chi connectivity index (χ0) is 15.2. The van der Waals surface area contributed by atoms with Crippen LogP contribution in [0.5, 0.6) is 0 Å². The highest BCUT2D eigenvalue weighted by atomic mass is 32.2. The van der Waals surface area contributed by atoms with Crippen molar-refractivity contribution < 1.29 is 17.6 Å². The zero-order valence-corrected chi connectivity index (χ0v) is 12.5. The van der Waals surface area contributed by atoms with Gasteiger partial charge in [-0.3, -0.25) is 4.79 Å². The third kappa shape index (κ3) is 2.67. The monoisotopic (exact) mass is 312 g/mol. The van der Waals surface area contributed by atoms with E-state index in [1.165, 1.54) is 23.4 Å². The lowest BCUT2D eigenvalue weighted by atomic mass is 10.2. The van der Waals surface area contributed by atoms with Gasteiger partial charge in [0.1, 0.15) is 5.82 Å². The van der Waals surface area contributed by atoms with Gasteiger partial charge in [0.05, 0.1) is 10.6 Å². The van der Waals surface area contributed by atoms with Crippen molar-refractivity contribution in [2.24, 2.45) is 5.92 Å². The minimum atomic E-state index is -3.63. The maximum absolute atomic E-state index is 13.6. The van der Waals surface area contributed by atoms with Crippen LogP contribution in [0.25, 0.3) is 0 Å². The molecule has 0 radical (unpaired) electrons. The molecule has 1 saturated carbocycles. The van der Waals surface area contributed by atoms with Crippen molar-refractivity contribution in [2.75, 3.05) is 11.9 Å². The van der Waals surface area contributed by atoms with Crippen molar-refractivity contribution in [2.45, 2.75) is 37.1 Å². The van der Waals surface area contributed by atoms with E-state index in [9.17, 15) is 17.6 Å². The molecule has 1 amide bonds. The summed E-state index contributed by atoms with van der Waals surface area (Å²) in [7, 11) is -3.63. The van der Waals surface area contributed by atoms with E-state index in [0.29, 0.717) is 12.5 Å². The average molecular weight is 312 g/mol. The van der Waals surface area contributed by atoms with Gasteiger partial charge in [-0.1, -0.05) is 0 Å². The van der Waals surface area contributed by atoms with Gasteiger partial charge >= 0.3 is 0 Å². The number of carbonyl (C=O) groups is 1. The lowest BCUT2D eigenvalue weighted by molar-refractivity contribution is -0.114. The van der Waals surface area contributed by atoms with E-state index in [0.717, 1.165) is 25.3 Å². The predicted octanol–water partition coefficient (Wildman–Crippen LogP) is 1.96. The number of fused-ring (bicyclic) bond motifs is 1. The molecular weight excluding hydrogens is 295 g/mol. The second-order valence-corrected chi connectivity index (χ2v) is 7.53. The molecule has 2 aliphatic rings. The van der Waals surface area contributed by atoms with Crippen LogP contribution < -0.4 is 5.32 Å². The van der Waals surface area contributed by atoms with Crippen molar-refractivity contribution in [3.8, 4) is 0 Å². The van der Waals surface area contributed by atoms with Gasteiger partial charge in [0.2, 0.25) is 15.9 Å². The number of rotatable bonds is 3. The molecular formula is C14H17FN2O3S. The molecule has 114 valence electrons. The maximum atomic E-state index is 13.6. The molecule has 5 nitrogen and oxygen atoms in total. The number of nitrogens with one attached hydrogen (secondary N) is 1. The Kier molecular flexibility index (Phi) is 3.49.